The van der Waals surface area contributed by atoms with Crippen molar-refractivity contribution in [2.24, 2.45) is 0 Å². The Balaban J connectivity index is 1.76. The smallest absolute Gasteiger partial charge is 0.252 e. The monoisotopic (exact) mass is 422 g/mol. The molecule has 1 aliphatic carbocycles. The fraction of sp³-hybridized carbons (Fsp3) is 0.583. The van der Waals surface area contributed by atoms with E-state index in [0.717, 1.165) is 47.1 Å². The summed E-state index contributed by atoms with van der Waals surface area (Å²) in [7, 11) is 0. The normalized spacial score (nSPS) is 16.5. The van der Waals surface area contributed by atoms with Crippen molar-refractivity contribution in [3.63, 3.8) is 0 Å². The van der Waals surface area contributed by atoms with Gasteiger partial charge in [0.2, 0.25) is 0 Å². The van der Waals surface area contributed by atoms with Crippen LogP contribution in [0.2, 0.25) is 0 Å². The van der Waals surface area contributed by atoms with Crippen molar-refractivity contribution in [2.45, 2.75) is 90.9 Å². The van der Waals surface area contributed by atoms with Gasteiger partial charge in [-0.1, -0.05) is 38.0 Å². The molecule has 0 bridgehead atoms. The summed E-state index contributed by atoms with van der Waals surface area (Å²) in [6.07, 6.45) is 5.65. The van der Waals surface area contributed by atoms with E-state index in [2.05, 4.69) is 65.2 Å². The predicted octanol–water partition coefficient (Wildman–Crippen LogP) is 4.47. The van der Waals surface area contributed by atoms with Gasteiger partial charge in [0.05, 0.1) is 17.1 Å². The number of H-pyrrole nitrogens is 1. The van der Waals surface area contributed by atoms with Crippen molar-refractivity contribution in [2.75, 3.05) is 0 Å². The topological polar surface area (TPSA) is 79.7 Å². The number of aromatic nitrogens is 5. The zero-order valence-electron chi connectivity index (χ0n) is 19.4. The molecule has 7 heteroatoms. The average molecular weight is 423 g/mol. The van der Waals surface area contributed by atoms with Crippen LogP contribution in [0.15, 0.2) is 29.1 Å². The third-order valence-electron chi connectivity index (χ3n) is 6.53. The van der Waals surface area contributed by atoms with Crippen LogP contribution < -0.4 is 5.56 Å². The van der Waals surface area contributed by atoms with Crippen LogP contribution in [0.3, 0.4) is 0 Å². The lowest BCUT2D eigenvalue weighted by molar-refractivity contribution is 0.108. The van der Waals surface area contributed by atoms with E-state index in [1.165, 1.54) is 12.8 Å². The molecule has 7 nitrogen and oxygen atoms in total. The first-order chi connectivity index (χ1) is 14.8. The van der Waals surface area contributed by atoms with Crippen LogP contribution in [0.1, 0.15) is 82.8 Å². The van der Waals surface area contributed by atoms with Gasteiger partial charge in [0.25, 0.3) is 5.56 Å². The Morgan fingerprint density at radius 3 is 2.68 bits per heavy atom. The van der Waals surface area contributed by atoms with Crippen LogP contribution in [0, 0.1) is 6.92 Å². The van der Waals surface area contributed by atoms with Crippen LogP contribution >= 0.6 is 0 Å². The molecule has 2 heterocycles. The number of fused-ring (bicyclic) bond motifs is 1. The first kappa shape index (κ1) is 21.7. The number of aryl methyl sites for hydroxylation is 1. The highest BCUT2D eigenvalue weighted by Gasteiger charge is 2.34. The largest absolute Gasteiger partial charge is 0.321 e. The van der Waals surface area contributed by atoms with E-state index < -0.39 is 0 Å². The molecule has 0 radical (unpaired) electrons. The molecular weight excluding hydrogens is 388 g/mol. The predicted molar refractivity (Wildman–Crippen MR) is 123 cm³/mol. The van der Waals surface area contributed by atoms with Gasteiger partial charge in [0.15, 0.2) is 5.82 Å². The van der Waals surface area contributed by atoms with E-state index in [4.69, 9.17) is 0 Å². The Labute approximate surface area is 183 Å². The van der Waals surface area contributed by atoms with Crippen LogP contribution in [-0.2, 0) is 12.1 Å². The van der Waals surface area contributed by atoms with Crippen LogP contribution in [0.25, 0.3) is 10.9 Å². The Morgan fingerprint density at radius 1 is 1.26 bits per heavy atom. The number of hydrogen-bond donors (Lipinski definition) is 1. The van der Waals surface area contributed by atoms with E-state index in [1.807, 2.05) is 23.7 Å². The van der Waals surface area contributed by atoms with Gasteiger partial charge in [-0.25, -0.2) is 4.68 Å². The molecule has 0 aliphatic heterocycles. The van der Waals surface area contributed by atoms with E-state index in [-0.39, 0.29) is 17.1 Å². The molecule has 1 fully saturated rings. The van der Waals surface area contributed by atoms with Crippen LogP contribution in [0.5, 0.6) is 0 Å². The number of hydrogen-bond acceptors (Lipinski definition) is 5. The molecule has 0 unspecified atom stereocenters. The minimum Gasteiger partial charge on any atom is -0.321 e. The minimum absolute atomic E-state index is 0.00457. The summed E-state index contributed by atoms with van der Waals surface area (Å²) in [6, 6.07) is 8.69. The van der Waals surface area contributed by atoms with Crippen molar-refractivity contribution < 1.29 is 0 Å². The lowest BCUT2D eigenvalue weighted by Gasteiger charge is -2.36. The number of benzene rings is 1. The molecule has 31 heavy (non-hydrogen) atoms. The van der Waals surface area contributed by atoms with Crippen LogP contribution in [0.4, 0.5) is 0 Å². The fourth-order valence-corrected chi connectivity index (χ4v) is 4.92. The van der Waals surface area contributed by atoms with E-state index in [0.29, 0.717) is 12.6 Å². The van der Waals surface area contributed by atoms with Gasteiger partial charge in [-0.3, -0.25) is 9.69 Å². The molecule has 4 rings (SSSR count). The van der Waals surface area contributed by atoms with Gasteiger partial charge in [0.1, 0.15) is 0 Å². The number of aromatic amines is 1. The Kier molecular flexibility index (Phi) is 5.97. The van der Waals surface area contributed by atoms with Gasteiger partial charge in [-0.15, -0.1) is 5.10 Å². The molecule has 0 spiro atoms. The Hall–Kier alpha value is -2.54. The second-order valence-electron chi connectivity index (χ2n) is 9.82. The van der Waals surface area contributed by atoms with Crippen LogP contribution in [-0.4, -0.2) is 36.1 Å². The van der Waals surface area contributed by atoms with Gasteiger partial charge < -0.3 is 4.98 Å². The SMILES string of the molecule is CC[C@H](c1nnnn1C(C)(C)C)N(Cc1cc2cccc(C)c2[nH]c1=O)C1CCCC1. The third-order valence-corrected chi connectivity index (χ3v) is 6.53. The van der Waals surface area contributed by atoms with Crippen molar-refractivity contribution in [1.82, 2.24) is 30.1 Å². The molecule has 0 amide bonds. The van der Waals surface area contributed by atoms with Gasteiger partial charge >= 0.3 is 0 Å². The first-order valence-corrected chi connectivity index (χ1v) is 11.5. The molecule has 1 aromatic carbocycles. The number of para-hydroxylation sites is 1. The standard InChI is InChI=1S/C24H34N6O/c1-6-20(22-26-27-28-30(22)24(3,4)5)29(19-12-7-8-13-19)15-18-14-17-11-9-10-16(2)21(17)25-23(18)31/h9-11,14,19-20H,6-8,12-13,15H2,1-5H3,(H,25,31)/t20-/m1/s1. The van der Waals surface area contributed by atoms with Crippen molar-refractivity contribution >= 4 is 10.9 Å². The van der Waals surface area contributed by atoms with E-state index in [9.17, 15) is 4.79 Å². The second kappa shape index (κ2) is 8.54. The van der Waals surface area contributed by atoms with E-state index >= 15 is 0 Å². The lowest BCUT2D eigenvalue weighted by atomic mass is 10.0. The molecule has 1 saturated carbocycles. The molecule has 1 N–H and O–H groups in total. The number of tetrazole rings is 1. The molecule has 166 valence electrons. The number of nitrogens with zero attached hydrogens (tertiary/aromatic N) is 5. The number of nitrogens with one attached hydrogen (secondary N) is 1. The summed E-state index contributed by atoms with van der Waals surface area (Å²) in [4.78, 5) is 18.6. The molecule has 0 saturated heterocycles. The number of rotatable bonds is 6. The minimum atomic E-state index is -0.203. The fourth-order valence-electron chi connectivity index (χ4n) is 4.92. The Bertz CT molecular complexity index is 1100. The maximum atomic E-state index is 13.0. The van der Waals surface area contributed by atoms with Gasteiger partial charge in [0, 0.05) is 18.2 Å². The second-order valence-corrected chi connectivity index (χ2v) is 9.82. The lowest BCUT2D eigenvalue weighted by Crippen LogP contribution is -2.40. The van der Waals surface area contributed by atoms with Gasteiger partial charge in [-0.2, -0.15) is 0 Å². The summed E-state index contributed by atoms with van der Waals surface area (Å²) in [5.74, 6) is 0.884. The highest BCUT2D eigenvalue weighted by molar-refractivity contribution is 5.81. The summed E-state index contributed by atoms with van der Waals surface area (Å²) < 4.78 is 1.94. The molecule has 3 aromatic rings. The number of pyridine rings is 1. The summed E-state index contributed by atoms with van der Waals surface area (Å²) in [5.41, 5.74) is 2.61. The van der Waals surface area contributed by atoms with Crippen molar-refractivity contribution in [1.29, 1.82) is 0 Å². The van der Waals surface area contributed by atoms with Crippen molar-refractivity contribution in [3.05, 3.63) is 51.6 Å². The molecule has 1 aliphatic rings. The zero-order valence-corrected chi connectivity index (χ0v) is 19.4. The average Bonchev–Trinajstić information content (AvgIpc) is 3.41. The third kappa shape index (κ3) is 4.28. The molecule has 2 aromatic heterocycles. The Morgan fingerprint density at radius 2 is 2.00 bits per heavy atom. The highest BCUT2D eigenvalue weighted by Crippen LogP contribution is 2.34. The zero-order chi connectivity index (χ0) is 22.2. The van der Waals surface area contributed by atoms with Gasteiger partial charge in [-0.05, 0) is 74.4 Å². The molecule has 1 atom stereocenters. The van der Waals surface area contributed by atoms with Crippen molar-refractivity contribution in [3.8, 4) is 0 Å². The first-order valence-electron chi connectivity index (χ1n) is 11.5. The summed E-state index contributed by atoms with van der Waals surface area (Å²) >= 11 is 0. The van der Waals surface area contributed by atoms with E-state index in [1.54, 1.807) is 0 Å². The quantitative estimate of drug-likeness (QED) is 0.634. The highest BCUT2D eigenvalue weighted by atomic mass is 16.1. The summed E-state index contributed by atoms with van der Waals surface area (Å²) in [5, 5.41) is 13.8. The maximum Gasteiger partial charge on any atom is 0.252 e. The molecular formula is C24H34N6O. The maximum absolute atomic E-state index is 13.0. The summed E-state index contributed by atoms with van der Waals surface area (Å²) in [6.45, 7) is 11.2.